The molecule has 8 heteroatoms. The van der Waals surface area contributed by atoms with Crippen LogP contribution >= 0.6 is 0 Å². The molecule has 1 aliphatic rings. The molecule has 0 radical (unpaired) electrons. The van der Waals surface area contributed by atoms with Crippen LogP contribution in [0.4, 0.5) is 11.5 Å². The molecule has 0 unspecified atom stereocenters. The molecule has 1 saturated heterocycles. The van der Waals surface area contributed by atoms with Crippen LogP contribution in [0.15, 0.2) is 54.9 Å². The molecule has 0 aliphatic carbocycles. The van der Waals surface area contributed by atoms with E-state index in [-0.39, 0.29) is 5.75 Å². The van der Waals surface area contributed by atoms with Gasteiger partial charge < -0.3 is 25.4 Å². The Kier molecular flexibility index (Phi) is 5.07. The summed E-state index contributed by atoms with van der Waals surface area (Å²) in [6.07, 6.45) is 3.45. The summed E-state index contributed by atoms with van der Waals surface area (Å²) in [5.74, 6) is 1.31. The Morgan fingerprint density at radius 2 is 1.72 bits per heavy atom. The van der Waals surface area contributed by atoms with E-state index in [0.717, 1.165) is 48.7 Å². The highest BCUT2D eigenvalue weighted by Crippen LogP contribution is 2.38. The molecule has 32 heavy (non-hydrogen) atoms. The lowest BCUT2D eigenvalue weighted by molar-refractivity contribution is 0.313. The number of anilines is 2. The minimum absolute atomic E-state index is 0.147. The molecule has 8 nitrogen and oxygen atoms in total. The Labute approximate surface area is 186 Å². The Bertz CT molecular complexity index is 1280. The van der Waals surface area contributed by atoms with Gasteiger partial charge in [0.05, 0.1) is 18.9 Å². The van der Waals surface area contributed by atoms with Gasteiger partial charge in [-0.3, -0.25) is 0 Å². The number of hydrogen-bond acceptors (Lipinski definition) is 7. The van der Waals surface area contributed by atoms with Crippen LogP contribution in [-0.4, -0.2) is 64.9 Å². The highest BCUT2D eigenvalue weighted by atomic mass is 16.5. The van der Waals surface area contributed by atoms with Crippen LogP contribution in [-0.2, 0) is 0 Å². The first-order valence-corrected chi connectivity index (χ1v) is 10.6. The molecule has 3 heterocycles. The van der Waals surface area contributed by atoms with Gasteiger partial charge in [-0.15, -0.1) is 0 Å². The summed E-state index contributed by atoms with van der Waals surface area (Å²) in [4.78, 5) is 9.37. The third kappa shape index (κ3) is 3.38. The monoisotopic (exact) mass is 430 g/mol. The minimum Gasteiger partial charge on any atom is -0.507 e. The zero-order valence-electron chi connectivity index (χ0n) is 18.2. The number of phenolic OH excluding ortho intramolecular Hbond substituents is 1. The normalized spacial score (nSPS) is 14.8. The predicted molar refractivity (Wildman–Crippen MR) is 126 cm³/mol. The molecule has 0 amide bonds. The third-order valence-corrected chi connectivity index (χ3v) is 6.10. The third-order valence-electron chi connectivity index (χ3n) is 6.10. The quantitative estimate of drug-likeness (QED) is 0.514. The Morgan fingerprint density at radius 1 is 0.938 bits per heavy atom. The van der Waals surface area contributed by atoms with Gasteiger partial charge in [0.1, 0.15) is 17.3 Å². The number of rotatable bonds is 4. The van der Waals surface area contributed by atoms with Crippen molar-refractivity contribution in [2.75, 3.05) is 51.0 Å². The number of nitrogens with zero attached hydrogens (tertiary/aromatic N) is 5. The SMILES string of the molecule is COc1ccc(N2CCN(C)CC2)cc1-c1cnn2c(N)c(-c3ccccc3O)cnc12. The molecular weight excluding hydrogens is 404 g/mol. The Balaban J connectivity index is 1.60. The number of para-hydroxylation sites is 1. The molecule has 1 fully saturated rings. The smallest absolute Gasteiger partial charge is 0.165 e. The van der Waals surface area contributed by atoms with Gasteiger partial charge in [0.15, 0.2) is 5.65 Å². The van der Waals surface area contributed by atoms with Crippen LogP contribution in [0.5, 0.6) is 11.5 Å². The number of aromatic hydroxyl groups is 1. The largest absolute Gasteiger partial charge is 0.507 e. The number of fused-ring (bicyclic) bond motifs is 1. The number of phenols is 1. The van der Waals surface area contributed by atoms with Crippen LogP contribution in [0.1, 0.15) is 0 Å². The van der Waals surface area contributed by atoms with Crippen LogP contribution in [0.2, 0.25) is 0 Å². The number of ether oxygens (including phenoxy) is 1. The van der Waals surface area contributed by atoms with E-state index in [1.165, 1.54) is 0 Å². The number of nitrogens with two attached hydrogens (primary N) is 1. The maximum atomic E-state index is 10.2. The van der Waals surface area contributed by atoms with Crippen molar-refractivity contribution in [1.29, 1.82) is 0 Å². The Morgan fingerprint density at radius 3 is 2.47 bits per heavy atom. The molecule has 0 atom stereocenters. The van der Waals surface area contributed by atoms with Gasteiger partial charge in [0.2, 0.25) is 0 Å². The van der Waals surface area contributed by atoms with Crippen molar-refractivity contribution >= 4 is 17.2 Å². The first-order valence-electron chi connectivity index (χ1n) is 10.6. The fraction of sp³-hybridized carbons (Fsp3) is 0.250. The standard InChI is InChI=1S/C24H26N6O2/c1-28-9-11-29(12-10-28)16-7-8-22(32-2)18(13-16)20-15-27-30-23(25)19(14-26-24(20)30)17-5-3-4-6-21(17)31/h3-8,13-15,31H,9-12,25H2,1-2H3. The highest BCUT2D eigenvalue weighted by Gasteiger charge is 2.20. The second kappa shape index (κ2) is 8.05. The molecule has 5 rings (SSSR count). The number of piperazine rings is 1. The lowest BCUT2D eigenvalue weighted by Gasteiger charge is -2.34. The van der Waals surface area contributed by atoms with Gasteiger partial charge in [-0.1, -0.05) is 18.2 Å². The van der Waals surface area contributed by atoms with Gasteiger partial charge in [0.25, 0.3) is 0 Å². The van der Waals surface area contributed by atoms with Crippen molar-refractivity contribution in [1.82, 2.24) is 19.5 Å². The van der Waals surface area contributed by atoms with E-state index < -0.39 is 0 Å². The molecular formula is C24H26N6O2. The number of benzene rings is 2. The molecule has 0 bridgehead atoms. The summed E-state index contributed by atoms with van der Waals surface area (Å²) in [5.41, 5.74) is 11.2. The van der Waals surface area contributed by atoms with E-state index in [1.807, 2.05) is 18.2 Å². The van der Waals surface area contributed by atoms with Crippen molar-refractivity contribution in [2.24, 2.45) is 0 Å². The lowest BCUT2D eigenvalue weighted by Crippen LogP contribution is -2.44. The van der Waals surface area contributed by atoms with Crippen molar-refractivity contribution < 1.29 is 9.84 Å². The number of likely N-dealkylation sites (N-methyl/N-ethyl adjacent to an activating group) is 1. The van der Waals surface area contributed by atoms with E-state index >= 15 is 0 Å². The number of methoxy groups -OCH3 is 1. The summed E-state index contributed by atoms with van der Waals surface area (Å²) < 4.78 is 7.27. The van der Waals surface area contributed by atoms with E-state index in [0.29, 0.717) is 22.6 Å². The fourth-order valence-corrected chi connectivity index (χ4v) is 4.22. The summed E-state index contributed by atoms with van der Waals surface area (Å²) in [7, 11) is 3.81. The van der Waals surface area contributed by atoms with Crippen LogP contribution in [0.3, 0.4) is 0 Å². The zero-order chi connectivity index (χ0) is 22.2. The molecule has 3 N–H and O–H groups in total. The van der Waals surface area contributed by atoms with E-state index in [4.69, 9.17) is 10.5 Å². The number of nitrogen functional groups attached to an aromatic ring is 1. The van der Waals surface area contributed by atoms with Crippen molar-refractivity contribution in [3.63, 3.8) is 0 Å². The average Bonchev–Trinajstić information content (AvgIpc) is 3.25. The molecule has 2 aromatic heterocycles. The number of aromatic nitrogens is 3. The van der Waals surface area contributed by atoms with Gasteiger partial charge in [0, 0.05) is 54.8 Å². The van der Waals surface area contributed by atoms with Crippen LogP contribution in [0.25, 0.3) is 27.9 Å². The predicted octanol–water partition coefficient (Wildman–Crippen LogP) is 3.11. The van der Waals surface area contributed by atoms with Crippen molar-refractivity contribution in [3.8, 4) is 33.8 Å². The second-order valence-corrected chi connectivity index (χ2v) is 8.04. The second-order valence-electron chi connectivity index (χ2n) is 8.04. The number of hydrogen-bond donors (Lipinski definition) is 2. The average molecular weight is 431 g/mol. The topological polar surface area (TPSA) is 92.2 Å². The van der Waals surface area contributed by atoms with Crippen LogP contribution in [0, 0.1) is 0 Å². The van der Waals surface area contributed by atoms with Crippen molar-refractivity contribution in [2.45, 2.75) is 0 Å². The minimum atomic E-state index is 0.147. The lowest BCUT2D eigenvalue weighted by atomic mass is 10.0. The zero-order valence-corrected chi connectivity index (χ0v) is 18.2. The maximum Gasteiger partial charge on any atom is 0.165 e. The molecule has 4 aromatic rings. The van der Waals surface area contributed by atoms with E-state index in [9.17, 15) is 5.11 Å². The van der Waals surface area contributed by atoms with Gasteiger partial charge in [-0.2, -0.15) is 9.61 Å². The summed E-state index contributed by atoms with van der Waals surface area (Å²) >= 11 is 0. The van der Waals surface area contributed by atoms with Gasteiger partial charge in [-0.25, -0.2) is 4.98 Å². The first kappa shape index (κ1) is 20.1. The molecule has 1 aliphatic heterocycles. The summed E-state index contributed by atoms with van der Waals surface area (Å²) in [6, 6.07) is 13.3. The molecule has 164 valence electrons. The summed E-state index contributed by atoms with van der Waals surface area (Å²) in [5, 5.41) is 14.8. The van der Waals surface area contributed by atoms with Crippen molar-refractivity contribution in [3.05, 3.63) is 54.9 Å². The Hall–Kier alpha value is -3.78. The molecule has 2 aromatic carbocycles. The maximum absolute atomic E-state index is 10.2. The van der Waals surface area contributed by atoms with E-state index in [1.54, 1.807) is 36.2 Å². The van der Waals surface area contributed by atoms with Gasteiger partial charge >= 0.3 is 0 Å². The first-order chi connectivity index (χ1) is 15.6. The highest BCUT2D eigenvalue weighted by molar-refractivity contribution is 5.86. The molecule has 0 saturated carbocycles. The fourth-order valence-electron chi connectivity index (χ4n) is 4.22. The van der Waals surface area contributed by atoms with E-state index in [2.05, 4.69) is 39.1 Å². The van der Waals surface area contributed by atoms with Gasteiger partial charge in [-0.05, 0) is 31.3 Å². The van der Waals surface area contributed by atoms with Crippen LogP contribution < -0.4 is 15.4 Å². The summed E-state index contributed by atoms with van der Waals surface area (Å²) in [6.45, 7) is 4.02. The molecule has 0 spiro atoms.